The minimum Gasteiger partial charge on any atom is -0.228 e. The van der Waals surface area contributed by atoms with E-state index < -0.39 is 15.3 Å². The van der Waals surface area contributed by atoms with Gasteiger partial charge in [-0.15, -0.1) is 6.58 Å². The van der Waals surface area contributed by atoms with Crippen LogP contribution < -0.4 is 5.14 Å². The summed E-state index contributed by atoms with van der Waals surface area (Å²) in [4.78, 5) is 0. The van der Waals surface area contributed by atoms with E-state index >= 15 is 0 Å². The number of allylic oxidation sites excluding steroid dienone is 1. The Labute approximate surface area is 62.0 Å². The molecule has 0 saturated carbocycles. The molecule has 0 aliphatic carbocycles. The van der Waals surface area contributed by atoms with Crippen LogP contribution in [-0.4, -0.2) is 13.7 Å². The van der Waals surface area contributed by atoms with Crippen molar-refractivity contribution in [3.63, 3.8) is 0 Å². The molecule has 0 aromatic rings. The molecule has 0 bridgehead atoms. The van der Waals surface area contributed by atoms with Gasteiger partial charge in [-0.25, -0.2) is 13.6 Å². The fraction of sp³-hybridized carbons (Fsp3) is 0.667. The first-order valence-electron chi connectivity index (χ1n) is 3.03. The van der Waals surface area contributed by atoms with Gasteiger partial charge in [0.25, 0.3) is 0 Å². The standard InChI is InChI=1S/C6H13NO2S/c1-4-5(2)6(3)10(7,8)9/h4-6H,1H2,2-3H3,(H2,7,8,9)/t5-,6+/m0/s1. The van der Waals surface area contributed by atoms with E-state index in [0.29, 0.717) is 0 Å². The van der Waals surface area contributed by atoms with Crippen molar-refractivity contribution in [2.75, 3.05) is 0 Å². The summed E-state index contributed by atoms with van der Waals surface area (Å²) in [5.74, 6) is -0.0880. The Morgan fingerprint density at radius 3 is 2.00 bits per heavy atom. The Bertz CT molecular complexity index is 208. The normalized spacial score (nSPS) is 17.9. The maximum atomic E-state index is 10.7. The average molecular weight is 163 g/mol. The summed E-state index contributed by atoms with van der Waals surface area (Å²) in [5.41, 5.74) is 0. The number of sulfonamides is 1. The van der Waals surface area contributed by atoms with Gasteiger partial charge in [0.1, 0.15) is 0 Å². The van der Waals surface area contributed by atoms with E-state index in [2.05, 4.69) is 6.58 Å². The van der Waals surface area contributed by atoms with Gasteiger partial charge in [-0.3, -0.25) is 0 Å². The molecule has 0 radical (unpaired) electrons. The van der Waals surface area contributed by atoms with Crippen LogP contribution >= 0.6 is 0 Å². The average Bonchev–Trinajstić information content (AvgIpc) is 1.83. The Hall–Kier alpha value is -0.350. The Kier molecular flexibility index (Phi) is 3.05. The number of nitrogens with two attached hydrogens (primary N) is 1. The van der Waals surface area contributed by atoms with Gasteiger partial charge in [-0.2, -0.15) is 0 Å². The monoisotopic (exact) mass is 163 g/mol. The predicted molar refractivity (Wildman–Crippen MR) is 41.9 cm³/mol. The van der Waals surface area contributed by atoms with Crippen LogP contribution in [-0.2, 0) is 10.0 Å². The van der Waals surface area contributed by atoms with Gasteiger partial charge in [0.05, 0.1) is 5.25 Å². The fourth-order valence-corrected chi connectivity index (χ4v) is 1.20. The van der Waals surface area contributed by atoms with E-state index in [9.17, 15) is 8.42 Å². The summed E-state index contributed by atoms with van der Waals surface area (Å²) in [6.07, 6.45) is 1.58. The molecular formula is C6H13NO2S. The summed E-state index contributed by atoms with van der Waals surface area (Å²) < 4.78 is 21.3. The lowest BCUT2D eigenvalue weighted by Crippen LogP contribution is -2.30. The van der Waals surface area contributed by atoms with Gasteiger partial charge < -0.3 is 0 Å². The molecule has 2 N–H and O–H groups in total. The summed E-state index contributed by atoms with van der Waals surface area (Å²) in [6, 6.07) is 0. The number of rotatable bonds is 3. The lowest BCUT2D eigenvalue weighted by atomic mass is 10.1. The van der Waals surface area contributed by atoms with E-state index in [1.165, 1.54) is 0 Å². The van der Waals surface area contributed by atoms with Crippen LogP contribution in [0, 0.1) is 5.92 Å². The van der Waals surface area contributed by atoms with Crippen LogP contribution in [0.3, 0.4) is 0 Å². The Morgan fingerprint density at radius 1 is 1.50 bits per heavy atom. The van der Waals surface area contributed by atoms with Crippen LogP contribution in [0.2, 0.25) is 0 Å². The summed E-state index contributed by atoms with van der Waals surface area (Å²) in [6.45, 7) is 6.81. The molecule has 0 spiro atoms. The van der Waals surface area contributed by atoms with Gasteiger partial charge in [-0.1, -0.05) is 13.0 Å². The molecule has 60 valence electrons. The predicted octanol–water partition coefficient (Wildman–Crippen LogP) is 0.486. The molecule has 0 heterocycles. The first kappa shape index (κ1) is 9.65. The van der Waals surface area contributed by atoms with Gasteiger partial charge >= 0.3 is 0 Å². The van der Waals surface area contributed by atoms with Crippen LogP contribution in [0.5, 0.6) is 0 Å². The van der Waals surface area contributed by atoms with E-state index in [1.807, 2.05) is 0 Å². The first-order chi connectivity index (χ1) is 4.39. The van der Waals surface area contributed by atoms with Crippen LogP contribution in [0.1, 0.15) is 13.8 Å². The second-order valence-corrected chi connectivity index (χ2v) is 4.31. The van der Waals surface area contributed by atoms with Gasteiger partial charge in [0.2, 0.25) is 10.0 Å². The lowest BCUT2D eigenvalue weighted by Gasteiger charge is -2.12. The zero-order valence-electron chi connectivity index (χ0n) is 6.24. The molecule has 0 saturated heterocycles. The van der Waals surface area contributed by atoms with Gasteiger partial charge in [0.15, 0.2) is 0 Å². The van der Waals surface area contributed by atoms with E-state index in [0.717, 1.165) is 0 Å². The molecular weight excluding hydrogens is 150 g/mol. The maximum absolute atomic E-state index is 10.7. The van der Waals surface area contributed by atoms with Crippen LogP contribution in [0.15, 0.2) is 12.7 Å². The smallest absolute Gasteiger partial charge is 0.212 e. The largest absolute Gasteiger partial charge is 0.228 e. The van der Waals surface area contributed by atoms with Crippen molar-refractivity contribution in [3.05, 3.63) is 12.7 Å². The molecule has 0 fully saturated rings. The SMILES string of the molecule is C=C[C@H](C)[C@@H](C)S(N)(=O)=O. The fourth-order valence-electron chi connectivity index (χ4n) is 0.491. The molecule has 0 rings (SSSR count). The highest BCUT2D eigenvalue weighted by Crippen LogP contribution is 2.09. The Morgan fingerprint density at radius 2 is 1.90 bits per heavy atom. The highest BCUT2D eigenvalue weighted by atomic mass is 32.2. The third-order valence-electron chi connectivity index (χ3n) is 1.63. The lowest BCUT2D eigenvalue weighted by molar-refractivity contribution is 0.565. The molecule has 0 aliphatic heterocycles. The van der Waals surface area contributed by atoms with Crippen molar-refractivity contribution < 1.29 is 8.42 Å². The van der Waals surface area contributed by atoms with Crippen LogP contribution in [0.25, 0.3) is 0 Å². The van der Waals surface area contributed by atoms with Crippen LogP contribution in [0.4, 0.5) is 0 Å². The summed E-state index contributed by atoms with van der Waals surface area (Å²) in [7, 11) is -3.39. The highest BCUT2D eigenvalue weighted by Gasteiger charge is 2.19. The molecule has 0 aromatic carbocycles. The third kappa shape index (κ3) is 2.49. The van der Waals surface area contributed by atoms with E-state index in [4.69, 9.17) is 5.14 Å². The van der Waals surface area contributed by atoms with Gasteiger partial charge in [0, 0.05) is 0 Å². The van der Waals surface area contributed by atoms with Crippen molar-refractivity contribution >= 4 is 10.0 Å². The maximum Gasteiger partial charge on any atom is 0.212 e. The van der Waals surface area contributed by atoms with Crippen molar-refractivity contribution in [1.82, 2.24) is 0 Å². The van der Waals surface area contributed by atoms with E-state index in [1.54, 1.807) is 19.9 Å². The minimum atomic E-state index is -3.39. The number of primary sulfonamides is 1. The molecule has 0 aliphatic rings. The first-order valence-corrected chi connectivity index (χ1v) is 4.64. The van der Waals surface area contributed by atoms with Crippen molar-refractivity contribution in [2.45, 2.75) is 19.1 Å². The molecule has 4 heteroatoms. The molecule has 3 nitrogen and oxygen atoms in total. The van der Waals surface area contributed by atoms with E-state index in [-0.39, 0.29) is 5.92 Å². The molecule has 10 heavy (non-hydrogen) atoms. The highest BCUT2D eigenvalue weighted by molar-refractivity contribution is 7.89. The third-order valence-corrected chi connectivity index (χ3v) is 3.10. The topological polar surface area (TPSA) is 60.2 Å². The second kappa shape index (κ2) is 3.16. The summed E-state index contributed by atoms with van der Waals surface area (Å²) in [5, 5.41) is 4.34. The molecule has 0 aromatic heterocycles. The summed E-state index contributed by atoms with van der Waals surface area (Å²) >= 11 is 0. The second-order valence-electron chi connectivity index (χ2n) is 2.39. The van der Waals surface area contributed by atoms with Crippen molar-refractivity contribution in [1.29, 1.82) is 0 Å². The van der Waals surface area contributed by atoms with Crippen molar-refractivity contribution in [2.24, 2.45) is 11.1 Å². The number of hydrogen-bond donors (Lipinski definition) is 1. The molecule has 0 amide bonds. The molecule has 0 unspecified atom stereocenters. The quantitative estimate of drug-likeness (QED) is 0.615. The number of hydrogen-bond acceptors (Lipinski definition) is 2. The van der Waals surface area contributed by atoms with Crippen molar-refractivity contribution in [3.8, 4) is 0 Å². The zero-order chi connectivity index (χ0) is 8.36. The van der Waals surface area contributed by atoms with Gasteiger partial charge in [-0.05, 0) is 12.8 Å². The zero-order valence-corrected chi connectivity index (χ0v) is 7.06. The minimum absolute atomic E-state index is 0.0880. The Balaban J connectivity index is 4.37. The molecule has 2 atom stereocenters.